The summed E-state index contributed by atoms with van der Waals surface area (Å²) in [5.74, 6) is 1.11. The van der Waals surface area contributed by atoms with Crippen molar-refractivity contribution in [3.8, 4) is 0 Å². The first-order valence-electron chi connectivity index (χ1n) is 9.33. The second-order valence-corrected chi connectivity index (χ2v) is 7.09. The van der Waals surface area contributed by atoms with Gasteiger partial charge in [-0.25, -0.2) is 4.98 Å². The van der Waals surface area contributed by atoms with Crippen LogP contribution in [0.1, 0.15) is 42.9 Å². The van der Waals surface area contributed by atoms with Crippen molar-refractivity contribution in [1.82, 2.24) is 20.1 Å². The lowest BCUT2D eigenvalue weighted by Gasteiger charge is -2.32. The maximum atomic E-state index is 6.03. The maximum Gasteiger partial charge on any atom is 0.128 e. The van der Waals surface area contributed by atoms with Crippen LogP contribution in [0.3, 0.4) is 0 Å². The number of hydrogen-bond acceptors (Lipinski definition) is 5. The standard InChI is InChI=1S/C19H27N5O/c1-23-14-16(13-22-23)19-17(5-4-10-25-19)20-11-15-6-7-18(21-12-15)24-8-2-3-9-24/h6-7,12-14,17,19-20H,2-5,8-11H2,1H3/t17-,19+/m0/s1. The van der Waals surface area contributed by atoms with Crippen LogP contribution in [0.4, 0.5) is 5.82 Å². The van der Waals surface area contributed by atoms with Gasteiger partial charge in [0.15, 0.2) is 0 Å². The number of pyridine rings is 1. The summed E-state index contributed by atoms with van der Waals surface area (Å²) in [5.41, 5.74) is 2.38. The third-order valence-electron chi connectivity index (χ3n) is 5.18. The van der Waals surface area contributed by atoms with Gasteiger partial charge in [-0.15, -0.1) is 0 Å². The number of anilines is 1. The largest absolute Gasteiger partial charge is 0.372 e. The van der Waals surface area contributed by atoms with Crippen LogP contribution in [0.5, 0.6) is 0 Å². The predicted octanol–water partition coefficient (Wildman–Crippen LogP) is 2.43. The quantitative estimate of drug-likeness (QED) is 0.905. The zero-order valence-electron chi connectivity index (χ0n) is 14.9. The molecule has 0 bridgehead atoms. The average molecular weight is 341 g/mol. The van der Waals surface area contributed by atoms with Gasteiger partial charge in [0.1, 0.15) is 11.9 Å². The van der Waals surface area contributed by atoms with Crippen molar-refractivity contribution in [1.29, 1.82) is 0 Å². The van der Waals surface area contributed by atoms with E-state index in [9.17, 15) is 0 Å². The molecule has 2 aliphatic rings. The first-order chi connectivity index (χ1) is 12.3. The van der Waals surface area contributed by atoms with Crippen molar-refractivity contribution < 1.29 is 4.74 Å². The van der Waals surface area contributed by atoms with Crippen LogP contribution in [0.2, 0.25) is 0 Å². The Kier molecular flexibility index (Phi) is 4.99. The molecule has 2 aliphatic heterocycles. The van der Waals surface area contributed by atoms with Gasteiger partial charge in [0.2, 0.25) is 0 Å². The second kappa shape index (κ2) is 7.54. The number of rotatable bonds is 5. The van der Waals surface area contributed by atoms with E-state index < -0.39 is 0 Å². The molecule has 25 heavy (non-hydrogen) atoms. The monoisotopic (exact) mass is 341 g/mol. The number of ether oxygens (including phenoxy) is 1. The number of hydrogen-bond donors (Lipinski definition) is 1. The Morgan fingerprint density at radius 2 is 2.08 bits per heavy atom. The maximum absolute atomic E-state index is 6.03. The van der Waals surface area contributed by atoms with Crippen LogP contribution >= 0.6 is 0 Å². The molecule has 2 aromatic rings. The van der Waals surface area contributed by atoms with Crippen molar-refractivity contribution >= 4 is 5.82 Å². The Labute approximate surface area is 149 Å². The SMILES string of the molecule is Cn1cc([C@H]2OCCC[C@@H]2NCc2ccc(N3CCCC3)nc2)cn1. The van der Waals surface area contributed by atoms with Gasteiger partial charge in [-0.2, -0.15) is 5.10 Å². The van der Waals surface area contributed by atoms with E-state index in [0.29, 0.717) is 6.04 Å². The van der Waals surface area contributed by atoms with Crippen molar-refractivity contribution in [2.24, 2.45) is 7.05 Å². The Hall–Kier alpha value is -1.92. The second-order valence-electron chi connectivity index (χ2n) is 7.09. The van der Waals surface area contributed by atoms with Crippen molar-refractivity contribution in [2.45, 2.75) is 44.4 Å². The van der Waals surface area contributed by atoms with Gasteiger partial charge in [0.25, 0.3) is 0 Å². The van der Waals surface area contributed by atoms with Gasteiger partial charge in [-0.3, -0.25) is 4.68 Å². The predicted molar refractivity (Wildman–Crippen MR) is 97.4 cm³/mol. The van der Waals surface area contributed by atoms with Crippen molar-refractivity contribution in [3.63, 3.8) is 0 Å². The lowest BCUT2D eigenvalue weighted by atomic mass is 9.98. The molecule has 4 heterocycles. The molecule has 2 saturated heterocycles. The normalized spacial score (nSPS) is 24.0. The molecule has 0 unspecified atom stereocenters. The fourth-order valence-electron chi connectivity index (χ4n) is 3.81. The molecule has 4 rings (SSSR count). The molecular weight excluding hydrogens is 314 g/mol. The third-order valence-corrected chi connectivity index (χ3v) is 5.18. The fourth-order valence-corrected chi connectivity index (χ4v) is 3.81. The minimum Gasteiger partial charge on any atom is -0.372 e. The van der Waals surface area contributed by atoms with Gasteiger partial charge in [-0.1, -0.05) is 6.07 Å². The van der Waals surface area contributed by atoms with Crippen LogP contribution in [-0.4, -0.2) is 40.5 Å². The number of aromatic nitrogens is 3. The highest BCUT2D eigenvalue weighted by molar-refractivity contribution is 5.40. The minimum absolute atomic E-state index is 0.0827. The van der Waals surface area contributed by atoms with E-state index in [1.807, 2.05) is 24.1 Å². The summed E-state index contributed by atoms with van der Waals surface area (Å²) in [5, 5.41) is 7.96. The Bertz CT molecular complexity index is 677. The summed E-state index contributed by atoms with van der Waals surface area (Å²) >= 11 is 0. The van der Waals surface area contributed by atoms with E-state index in [1.165, 1.54) is 18.4 Å². The highest BCUT2D eigenvalue weighted by Gasteiger charge is 2.28. The Morgan fingerprint density at radius 1 is 1.20 bits per heavy atom. The van der Waals surface area contributed by atoms with Gasteiger partial charge < -0.3 is 15.0 Å². The van der Waals surface area contributed by atoms with Crippen LogP contribution in [-0.2, 0) is 18.3 Å². The molecule has 1 N–H and O–H groups in total. The lowest BCUT2D eigenvalue weighted by molar-refractivity contribution is -0.0112. The molecular formula is C19H27N5O. The van der Waals surface area contributed by atoms with E-state index in [1.54, 1.807) is 0 Å². The summed E-state index contributed by atoms with van der Waals surface area (Å²) in [4.78, 5) is 7.01. The van der Waals surface area contributed by atoms with E-state index in [0.717, 1.165) is 50.5 Å². The molecule has 2 aromatic heterocycles. The summed E-state index contributed by atoms with van der Waals surface area (Å²) in [6.45, 7) is 3.91. The molecule has 0 saturated carbocycles. The van der Waals surface area contributed by atoms with E-state index >= 15 is 0 Å². The molecule has 2 atom stereocenters. The minimum atomic E-state index is 0.0827. The molecule has 0 aliphatic carbocycles. The van der Waals surface area contributed by atoms with Gasteiger partial charge in [0.05, 0.1) is 6.20 Å². The zero-order chi connectivity index (χ0) is 17.1. The molecule has 0 amide bonds. The molecule has 0 spiro atoms. The molecule has 0 aromatic carbocycles. The van der Waals surface area contributed by atoms with Crippen LogP contribution < -0.4 is 10.2 Å². The highest BCUT2D eigenvalue weighted by atomic mass is 16.5. The van der Waals surface area contributed by atoms with Gasteiger partial charge in [0, 0.05) is 57.3 Å². The molecule has 0 radical (unpaired) electrons. The Balaban J connectivity index is 1.37. The summed E-state index contributed by atoms with van der Waals surface area (Å²) in [6.07, 6.45) is 10.8. The van der Waals surface area contributed by atoms with Crippen molar-refractivity contribution in [2.75, 3.05) is 24.6 Å². The molecule has 2 fully saturated rings. The number of aryl methyl sites for hydroxylation is 1. The molecule has 134 valence electrons. The topological polar surface area (TPSA) is 55.2 Å². The van der Waals surface area contributed by atoms with Crippen molar-refractivity contribution in [3.05, 3.63) is 41.9 Å². The van der Waals surface area contributed by atoms with Gasteiger partial charge >= 0.3 is 0 Å². The molecule has 6 heteroatoms. The Morgan fingerprint density at radius 3 is 2.80 bits per heavy atom. The lowest BCUT2D eigenvalue weighted by Crippen LogP contribution is -2.39. The van der Waals surface area contributed by atoms with Crippen LogP contribution in [0, 0.1) is 0 Å². The summed E-state index contributed by atoms with van der Waals surface area (Å²) < 4.78 is 7.87. The van der Waals surface area contributed by atoms with Crippen LogP contribution in [0.25, 0.3) is 0 Å². The summed E-state index contributed by atoms with van der Waals surface area (Å²) in [6, 6.07) is 4.66. The molecule has 6 nitrogen and oxygen atoms in total. The third kappa shape index (κ3) is 3.85. The number of nitrogens with zero attached hydrogens (tertiary/aromatic N) is 4. The van der Waals surface area contributed by atoms with E-state index in [4.69, 9.17) is 4.74 Å². The van der Waals surface area contributed by atoms with E-state index in [-0.39, 0.29) is 6.10 Å². The first kappa shape index (κ1) is 16.5. The van der Waals surface area contributed by atoms with Crippen LogP contribution in [0.15, 0.2) is 30.7 Å². The van der Waals surface area contributed by atoms with E-state index in [2.05, 4.69) is 38.6 Å². The smallest absolute Gasteiger partial charge is 0.128 e. The number of nitrogens with one attached hydrogen (secondary N) is 1. The first-order valence-corrected chi connectivity index (χ1v) is 9.33. The summed E-state index contributed by atoms with van der Waals surface area (Å²) in [7, 11) is 1.95. The zero-order valence-corrected chi connectivity index (χ0v) is 14.9. The fraction of sp³-hybridized carbons (Fsp3) is 0.579. The van der Waals surface area contributed by atoms with Gasteiger partial charge in [-0.05, 0) is 37.3 Å². The average Bonchev–Trinajstić information content (AvgIpc) is 3.32. The highest BCUT2D eigenvalue weighted by Crippen LogP contribution is 2.28.